The van der Waals surface area contributed by atoms with E-state index in [9.17, 15) is 4.79 Å². The maximum Gasteiger partial charge on any atom is 0.277 e. The van der Waals surface area contributed by atoms with Crippen molar-refractivity contribution in [3.05, 3.63) is 72.2 Å². The number of para-hydroxylation sites is 3. The molecule has 0 aliphatic carbocycles. The number of carbonyl (C=O) groups excluding carboxylic acids is 1. The van der Waals surface area contributed by atoms with Crippen LogP contribution in [0.4, 0.5) is 17.2 Å². The number of nitrogens with one attached hydrogen (secondary N) is 1. The number of anilines is 3. The van der Waals surface area contributed by atoms with Crippen molar-refractivity contribution >= 4 is 23.1 Å². The van der Waals surface area contributed by atoms with Gasteiger partial charge in [0, 0.05) is 18.3 Å². The molecule has 0 radical (unpaired) electrons. The van der Waals surface area contributed by atoms with Gasteiger partial charge in [0.25, 0.3) is 5.91 Å². The highest BCUT2D eigenvalue weighted by Gasteiger charge is 2.24. The molecular formula is C22H22N4O2. The molecule has 0 bridgehead atoms. The monoisotopic (exact) mass is 374 g/mol. The molecule has 1 aromatic heterocycles. The average molecular weight is 374 g/mol. The fraction of sp³-hybridized carbons (Fsp3) is 0.227. The van der Waals surface area contributed by atoms with Gasteiger partial charge < -0.3 is 15.0 Å². The summed E-state index contributed by atoms with van der Waals surface area (Å²) < 4.78 is 5.64. The third-order valence-corrected chi connectivity index (χ3v) is 4.69. The standard InChI is InChI=1S/C22H22N4O2/c1-2-28-20-12-6-4-10-17(20)25-21-14-18(23-15-24-21)22(27)26-13-7-9-16-8-3-5-11-19(16)26/h3-6,8,10-12,14-15H,2,7,9,13H2,1H3,(H,23,24,25). The number of nitrogens with zero attached hydrogens (tertiary/aromatic N) is 3. The lowest BCUT2D eigenvalue weighted by molar-refractivity contribution is 0.0980. The molecule has 3 aromatic rings. The van der Waals surface area contributed by atoms with Gasteiger partial charge in [0.2, 0.25) is 0 Å². The van der Waals surface area contributed by atoms with Gasteiger partial charge in [0.05, 0.1) is 12.3 Å². The third-order valence-electron chi connectivity index (χ3n) is 4.69. The molecule has 0 unspecified atom stereocenters. The van der Waals surface area contributed by atoms with Crippen molar-refractivity contribution in [1.82, 2.24) is 9.97 Å². The van der Waals surface area contributed by atoms with Crippen molar-refractivity contribution in [3.63, 3.8) is 0 Å². The van der Waals surface area contributed by atoms with Gasteiger partial charge in [-0.05, 0) is 43.5 Å². The summed E-state index contributed by atoms with van der Waals surface area (Å²) in [5.74, 6) is 1.17. The number of rotatable bonds is 5. The van der Waals surface area contributed by atoms with Crippen LogP contribution in [-0.2, 0) is 6.42 Å². The predicted molar refractivity (Wildman–Crippen MR) is 109 cm³/mol. The molecule has 2 heterocycles. The van der Waals surface area contributed by atoms with Crippen molar-refractivity contribution in [3.8, 4) is 5.75 Å². The third kappa shape index (κ3) is 3.67. The Hall–Kier alpha value is -3.41. The van der Waals surface area contributed by atoms with E-state index in [0.717, 1.165) is 30.0 Å². The number of fused-ring (bicyclic) bond motifs is 1. The Balaban J connectivity index is 1.59. The number of carbonyl (C=O) groups is 1. The lowest BCUT2D eigenvalue weighted by Crippen LogP contribution is -2.36. The van der Waals surface area contributed by atoms with Gasteiger partial charge in [0.1, 0.15) is 23.6 Å². The smallest absolute Gasteiger partial charge is 0.277 e. The molecule has 0 saturated carbocycles. The Labute approximate surface area is 164 Å². The zero-order valence-corrected chi connectivity index (χ0v) is 15.8. The average Bonchev–Trinajstić information content (AvgIpc) is 2.75. The van der Waals surface area contributed by atoms with Crippen molar-refractivity contribution in [2.75, 3.05) is 23.4 Å². The summed E-state index contributed by atoms with van der Waals surface area (Å²) in [6, 6.07) is 17.4. The summed E-state index contributed by atoms with van der Waals surface area (Å²) >= 11 is 0. The van der Waals surface area contributed by atoms with Crippen LogP contribution in [0.3, 0.4) is 0 Å². The SMILES string of the molecule is CCOc1ccccc1Nc1cc(C(=O)N2CCCc3ccccc32)ncn1. The molecule has 1 aliphatic rings. The molecule has 142 valence electrons. The molecule has 1 aliphatic heterocycles. The van der Waals surface area contributed by atoms with Crippen LogP contribution in [0.5, 0.6) is 5.75 Å². The van der Waals surface area contributed by atoms with Crippen LogP contribution < -0.4 is 15.0 Å². The highest BCUT2D eigenvalue weighted by Crippen LogP contribution is 2.29. The van der Waals surface area contributed by atoms with E-state index in [1.807, 2.05) is 49.4 Å². The van der Waals surface area contributed by atoms with Gasteiger partial charge >= 0.3 is 0 Å². The van der Waals surface area contributed by atoms with Crippen molar-refractivity contribution in [2.24, 2.45) is 0 Å². The number of aromatic nitrogens is 2. The zero-order chi connectivity index (χ0) is 19.3. The summed E-state index contributed by atoms with van der Waals surface area (Å²) in [6.45, 7) is 3.20. The highest BCUT2D eigenvalue weighted by molar-refractivity contribution is 6.05. The van der Waals surface area contributed by atoms with Crippen LogP contribution in [0.15, 0.2) is 60.9 Å². The van der Waals surface area contributed by atoms with Crippen LogP contribution in [0.25, 0.3) is 0 Å². The maximum atomic E-state index is 13.1. The van der Waals surface area contributed by atoms with Crippen LogP contribution in [0.1, 0.15) is 29.4 Å². The van der Waals surface area contributed by atoms with E-state index in [2.05, 4.69) is 21.4 Å². The molecule has 0 fully saturated rings. The molecule has 6 nitrogen and oxygen atoms in total. The number of ether oxygens (including phenoxy) is 1. The molecule has 4 rings (SSSR count). The Morgan fingerprint density at radius 3 is 2.86 bits per heavy atom. The predicted octanol–water partition coefficient (Wildman–Crippen LogP) is 4.21. The molecule has 0 atom stereocenters. The maximum absolute atomic E-state index is 13.1. The Bertz CT molecular complexity index is 990. The minimum Gasteiger partial charge on any atom is -0.492 e. The summed E-state index contributed by atoms with van der Waals surface area (Å²) in [4.78, 5) is 23.4. The van der Waals surface area contributed by atoms with E-state index >= 15 is 0 Å². The van der Waals surface area contributed by atoms with E-state index in [1.54, 1.807) is 11.0 Å². The second-order valence-corrected chi connectivity index (χ2v) is 6.53. The second-order valence-electron chi connectivity index (χ2n) is 6.53. The lowest BCUT2D eigenvalue weighted by Gasteiger charge is -2.29. The van der Waals surface area contributed by atoms with Crippen LogP contribution in [0, 0.1) is 0 Å². The van der Waals surface area contributed by atoms with Gasteiger partial charge in [-0.15, -0.1) is 0 Å². The van der Waals surface area contributed by atoms with Crippen LogP contribution >= 0.6 is 0 Å². The van der Waals surface area contributed by atoms with E-state index in [0.29, 0.717) is 24.7 Å². The van der Waals surface area contributed by atoms with Crippen LogP contribution in [0.2, 0.25) is 0 Å². The van der Waals surface area contributed by atoms with E-state index in [4.69, 9.17) is 4.74 Å². The Morgan fingerprint density at radius 2 is 1.96 bits per heavy atom. The number of amides is 1. The molecule has 1 N–H and O–H groups in total. The zero-order valence-electron chi connectivity index (χ0n) is 15.8. The van der Waals surface area contributed by atoms with E-state index in [1.165, 1.54) is 11.9 Å². The van der Waals surface area contributed by atoms with E-state index in [-0.39, 0.29) is 5.91 Å². The molecule has 6 heteroatoms. The van der Waals surface area contributed by atoms with Crippen molar-refractivity contribution in [1.29, 1.82) is 0 Å². The van der Waals surface area contributed by atoms with Gasteiger partial charge in [-0.25, -0.2) is 9.97 Å². The van der Waals surface area contributed by atoms with Gasteiger partial charge in [-0.2, -0.15) is 0 Å². The summed E-state index contributed by atoms with van der Waals surface area (Å²) in [6.07, 6.45) is 3.35. The van der Waals surface area contributed by atoms with Gasteiger partial charge in [-0.3, -0.25) is 4.79 Å². The minimum atomic E-state index is -0.115. The first-order chi connectivity index (χ1) is 13.8. The largest absolute Gasteiger partial charge is 0.492 e. The molecular weight excluding hydrogens is 352 g/mol. The minimum absolute atomic E-state index is 0.115. The van der Waals surface area contributed by atoms with Gasteiger partial charge in [-0.1, -0.05) is 30.3 Å². The molecule has 0 saturated heterocycles. The normalized spacial score (nSPS) is 13.0. The molecule has 28 heavy (non-hydrogen) atoms. The summed E-state index contributed by atoms with van der Waals surface area (Å²) in [7, 11) is 0. The number of hydrogen-bond donors (Lipinski definition) is 1. The summed E-state index contributed by atoms with van der Waals surface area (Å²) in [5, 5.41) is 3.23. The molecule has 1 amide bonds. The number of aryl methyl sites for hydroxylation is 1. The Morgan fingerprint density at radius 1 is 1.14 bits per heavy atom. The first-order valence-electron chi connectivity index (χ1n) is 9.47. The fourth-order valence-electron chi connectivity index (χ4n) is 3.41. The van der Waals surface area contributed by atoms with Gasteiger partial charge in [0.15, 0.2) is 0 Å². The van der Waals surface area contributed by atoms with E-state index < -0.39 is 0 Å². The lowest BCUT2D eigenvalue weighted by atomic mass is 10.0. The Kier molecular flexibility index (Phi) is 5.19. The quantitative estimate of drug-likeness (QED) is 0.724. The fourth-order valence-corrected chi connectivity index (χ4v) is 3.41. The molecule has 2 aromatic carbocycles. The second kappa shape index (κ2) is 8.08. The topological polar surface area (TPSA) is 67.3 Å². The number of benzene rings is 2. The first-order valence-corrected chi connectivity index (χ1v) is 9.47. The highest BCUT2D eigenvalue weighted by atomic mass is 16.5. The van der Waals surface area contributed by atoms with Crippen LogP contribution in [-0.4, -0.2) is 29.0 Å². The number of hydrogen-bond acceptors (Lipinski definition) is 5. The molecule has 0 spiro atoms. The first kappa shape index (κ1) is 18.0. The summed E-state index contributed by atoms with van der Waals surface area (Å²) in [5.41, 5.74) is 3.32. The van der Waals surface area contributed by atoms with Crippen molar-refractivity contribution in [2.45, 2.75) is 19.8 Å². The van der Waals surface area contributed by atoms with Crippen molar-refractivity contribution < 1.29 is 9.53 Å².